The number of rotatable bonds is 4. The number of sulfonamides is 1. The second kappa shape index (κ2) is 5.89. The standard InChI is InChI=1S/C13H19ClN2O3S/c1-8-12(15)5-11(14)6-13(8)20(17,18)16-7-10-3-4-19-9(10)2/h5-6,9-10,16H,3-4,7,15H2,1-2H3. The van der Waals surface area contributed by atoms with Gasteiger partial charge in [-0.3, -0.25) is 0 Å². The number of benzene rings is 1. The fourth-order valence-corrected chi connectivity index (χ4v) is 3.98. The van der Waals surface area contributed by atoms with E-state index in [1.54, 1.807) is 13.0 Å². The molecule has 0 saturated carbocycles. The second-order valence-electron chi connectivity index (χ2n) is 5.09. The fraction of sp³-hybridized carbons (Fsp3) is 0.538. The van der Waals surface area contributed by atoms with Crippen LogP contribution in [0.15, 0.2) is 17.0 Å². The summed E-state index contributed by atoms with van der Waals surface area (Å²) in [5.41, 5.74) is 6.64. The monoisotopic (exact) mass is 318 g/mol. The summed E-state index contributed by atoms with van der Waals surface area (Å²) >= 11 is 5.89. The lowest BCUT2D eigenvalue weighted by Crippen LogP contribution is -2.32. The van der Waals surface area contributed by atoms with Gasteiger partial charge in [0.1, 0.15) is 0 Å². The Morgan fingerprint density at radius 2 is 2.20 bits per heavy atom. The highest BCUT2D eigenvalue weighted by Gasteiger charge is 2.27. The number of halogens is 1. The van der Waals surface area contributed by atoms with Gasteiger partial charge in [0.25, 0.3) is 0 Å². The molecule has 0 amide bonds. The second-order valence-corrected chi connectivity index (χ2v) is 7.27. The number of ether oxygens (including phenoxy) is 1. The highest BCUT2D eigenvalue weighted by atomic mass is 35.5. The van der Waals surface area contributed by atoms with Crippen LogP contribution in [0.5, 0.6) is 0 Å². The first kappa shape index (κ1) is 15.6. The predicted molar refractivity (Wildman–Crippen MR) is 79.3 cm³/mol. The lowest BCUT2D eigenvalue weighted by atomic mass is 10.0. The zero-order chi connectivity index (χ0) is 14.9. The van der Waals surface area contributed by atoms with Crippen LogP contribution in [0.3, 0.4) is 0 Å². The third-order valence-electron chi connectivity index (χ3n) is 3.72. The maximum atomic E-state index is 12.4. The van der Waals surface area contributed by atoms with Gasteiger partial charge in [0, 0.05) is 29.8 Å². The van der Waals surface area contributed by atoms with E-state index in [-0.39, 0.29) is 16.9 Å². The molecule has 3 N–H and O–H groups in total. The summed E-state index contributed by atoms with van der Waals surface area (Å²) in [5.74, 6) is 0.196. The van der Waals surface area contributed by atoms with E-state index in [2.05, 4.69) is 4.72 Å². The molecule has 1 aliphatic rings. The van der Waals surface area contributed by atoms with Crippen molar-refractivity contribution in [3.63, 3.8) is 0 Å². The van der Waals surface area contributed by atoms with E-state index < -0.39 is 10.0 Å². The van der Waals surface area contributed by atoms with E-state index in [9.17, 15) is 8.42 Å². The SMILES string of the molecule is Cc1c(N)cc(Cl)cc1S(=O)(=O)NCC1CCOC1C. The van der Waals surface area contributed by atoms with E-state index in [0.717, 1.165) is 6.42 Å². The Balaban J connectivity index is 2.18. The highest BCUT2D eigenvalue weighted by molar-refractivity contribution is 7.89. The molecule has 1 aliphatic heterocycles. The van der Waals surface area contributed by atoms with Gasteiger partial charge in [0.15, 0.2) is 0 Å². The first-order valence-electron chi connectivity index (χ1n) is 6.48. The van der Waals surface area contributed by atoms with Crippen LogP contribution in [0.2, 0.25) is 5.02 Å². The van der Waals surface area contributed by atoms with E-state index >= 15 is 0 Å². The minimum absolute atomic E-state index is 0.0724. The third kappa shape index (κ3) is 3.25. The zero-order valence-corrected chi connectivity index (χ0v) is 13.1. The van der Waals surface area contributed by atoms with Crippen molar-refractivity contribution in [3.05, 3.63) is 22.7 Å². The van der Waals surface area contributed by atoms with Gasteiger partial charge in [-0.25, -0.2) is 13.1 Å². The Bertz CT molecular complexity index is 604. The highest BCUT2D eigenvalue weighted by Crippen LogP contribution is 2.26. The molecule has 1 fully saturated rings. The first-order valence-corrected chi connectivity index (χ1v) is 8.34. The molecular weight excluding hydrogens is 300 g/mol. The van der Waals surface area contributed by atoms with Crippen LogP contribution >= 0.6 is 11.6 Å². The molecule has 2 rings (SSSR count). The molecule has 1 aromatic rings. The molecule has 20 heavy (non-hydrogen) atoms. The molecular formula is C13H19ClN2O3S. The Morgan fingerprint density at radius 1 is 1.50 bits per heavy atom. The number of hydrogen-bond donors (Lipinski definition) is 2. The van der Waals surface area contributed by atoms with Crippen LogP contribution in [-0.2, 0) is 14.8 Å². The van der Waals surface area contributed by atoms with Crippen LogP contribution in [0.4, 0.5) is 5.69 Å². The van der Waals surface area contributed by atoms with Crippen LogP contribution < -0.4 is 10.5 Å². The van der Waals surface area contributed by atoms with E-state index in [1.807, 2.05) is 6.92 Å². The van der Waals surface area contributed by atoms with Crippen molar-refractivity contribution in [1.82, 2.24) is 4.72 Å². The van der Waals surface area contributed by atoms with Gasteiger partial charge in [-0.05, 0) is 38.0 Å². The largest absolute Gasteiger partial charge is 0.398 e. The molecule has 0 spiro atoms. The van der Waals surface area contributed by atoms with Crippen molar-refractivity contribution in [2.24, 2.45) is 5.92 Å². The van der Waals surface area contributed by atoms with E-state index in [1.165, 1.54) is 6.07 Å². The molecule has 2 atom stereocenters. The van der Waals surface area contributed by atoms with Gasteiger partial charge in [-0.15, -0.1) is 0 Å². The number of nitrogens with two attached hydrogens (primary N) is 1. The average molecular weight is 319 g/mol. The summed E-state index contributed by atoms with van der Waals surface area (Å²) in [6, 6.07) is 2.97. The lowest BCUT2D eigenvalue weighted by Gasteiger charge is -2.16. The van der Waals surface area contributed by atoms with Crippen molar-refractivity contribution >= 4 is 27.3 Å². The lowest BCUT2D eigenvalue weighted by molar-refractivity contribution is 0.107. The van der Waals surface area contributed by atoms with Crippen LogP contribution in [0, 0.1) is 12.8 Å². The van der Waals surface area contributed by atoms with Crippen molar-refractivity contribution in [3.8, 4) is 0 Å². The number of nitrogen functional groups attached to an aromatic ring is 1. The zero-order valence-electron chi connectivity index (χ0n) is 11.5. The molecule has 112 valence electrons. The molecule has 1 heterocycles. The van der Waals surface area contributed by atoms with Crippen molar-refractivity contribution in [2.45, 2.75) is 31.3 Å². The average Bonchev–Trinajstić information content (AvgIpc) is 2.77. The van der Waals surface area contributed by atoms with Crippen LogP contribution in [0.1, 0.15) is 18.9 Å². The summed E-state index contributed by atoms with van der Waals surface area (Å²) in [7, 11) is -3.62. The normalized spacial score (nSPS) is 23.1. The van der Waals surface area contributed by atoms with Gasteiger partial charge in [0.2, 0.25) is 10.0 Å². The molecule has 1 saturated heterocycles. The van der Waals surface area contributed by atoms with E-state index in [4.69, 9.17) is 22.1 Å². The van der Waals surface area contributed by atoms with Gasteiger partial charge in [0.05, 0.1) is 11.0 Å². The summed E-state index contributed by atoms with van der Waals surface area (Å²) in [6.45, 7) is 4.65. The third-order valence-corrected chi connectivity index (χ3v) is 5.49. The molecule has 0 radical (unpaired) electrons. The maximum absolute atomic E-state index is 12.4. The Hall–Kier alpha value is -0.820. The van der Waals surface area contributed by atoms with Gasteiger partial charge in [-0.2, -0.15) is 0 Å². The minimum atomic E-state index is -3.62. The fourth-order valence-electron chi connectivity index (χ4n) is 2.29. The Morgan fingerprint density at radius 3 is 2.80 bits per heavy atom. The Labute approximate surface area is 124 Å². The molecule has 0 aromatic heterocycles. The van der Waals surface area contributed by atoms with Gasteiger partial charge < -0.3 is 10.5 Å². The predicted octanol–water partition coefficient (Wildman–Crippen LogP) is 1.93. The Kier molecular flexibility index (Phi) is 4.59. The van der Waals surface area contributed by atoms with Crippen molar-refractivity contribution in [2.75, 3.05) is 18.9 Å². The summed E-state index contributed by atoms with van der Waals surface area (Å²) in [6.07, 6.45) is 0.934. The first-order chi connectivity index (χ1) is 9.31. The quantitative estimate of drug-likeness (QED) is 0.831. The number of nitrogens with one attached hydrogen (secondary N) is 1. The molecule has 2 unspecified atom stereocenters. The molecule has 0 aliphatic carbocycles. The van der Waals surface area contributed by atoms with Crippen molar-refractivity contribution in [1.29, 1.82) is 0 Å². The summed E-state index contributed by atoms with van der Waals surface area (Å²) in [5, 5.41) is 0.311. The molecule has 0 bridgehead atoms. The molecule has 7 heteroatoms. The van der Waals surface area contributed by atoms with E-state index in [0.29, 0.717) is 29.4 Å². The van der Waals surface area contributed by atoms with Crippen LogP contribution in [0.25, 0.3) is 0 Å². The maximum Gasteiger partial charge on any atom is 0.240 e. The van der Waals surface area contributed by atoms with Gasteiger partial charge >= 0.3 is 0 Å². The van der Waals surface area contributed by atoms with Crippen molar-refractivity contribution < 1.29 is 13.2 Å². The minimum Gasteiger partial charge on any atom is -0.398 e. The summed E-state index contributed by atoms with van der Waals surface area (Å²) < 4.78 is 32.8. The number of anilines is 1. The smallest absolute Gasteiger partial charge is 0.240 e. The van der Waals surface area contributed by atoms with Crippen LogP contribution in [-0.4, -0.2) is 27.7 Å². The van der Waals surface area contributed by atoms with Gasteiger partial charge in [-0.1, -0.05) is 11.6 Å². The molecule has 5 nitrogen and oxygen atoms in total. The topological polar surface area (TPSA) is 81.4 Å². The summed E-state index contributed by atoms with van der Waals surface area (Å²) in [4.78, 5) is 0.133. The molecule has 1 aromatic carbocycles. The number of hydrogen-bond acceptors (Lipinski definition) is 4.